The van der Waals surface area contributed by atoms with E-state index in [1.54, 1.807) is 17.3 Å². The van der Waals surface area contributed by atoms with Gasteiger partial charge in [0.2, 0.25) is 11.8 Å². The number of carbonyl (C=O) groups is 3. The van der Waals surface area contributed by atoms with Crippen LogP contribution in [0.2, 0.25) is 0 Å². The van der Waals surface area contributed by atoms with E-state index < -0.39 is 12.1 Å². The Kier molecular flexibility index (Phi) is 9.13. The summed E-state index contributed by atoms with van der Waals surface area (Å²) in [4.78, 5) is 69.4. The molecule has 3 fully saturated rings. The van der Waals surface area contributed by atoms with Gasteiger partial charge in [0.1, 0.15) is 17.7 Å². The van der Waals surface area contributed by atoms with Crippen LogP contribution in [-0.4, -0.2) is 83.9 Å². The lowest BCUT2D eigenvalue weighted by molar-refractivity contribution is -0.137. The maximum Gasteiger partial charge on any atom is 0.407 e. The van der Waals surface area contributed by atoms with Gasteiger partial charge in [-0.2, -0.15) is 0 Å². The average Bonchev–Trinajstić information content (AvgIpc) is 3.66. The first-order chi connectivity index (χ1) is 25.9. The number of methoxy groups -OCH3 is 1. The summed E-state index contributed by atoms with van der Waals surface area (Å²) < 4.78 is 4.76. The Morgan fingerprint density at radius 2 is 1.61 bits per heavy atom. The molecule has 54 heavy (non-hydrogen) atoms. The first-order valence-corrected chi connectivity index (χ1v) is 19.2. The van der Waals surface area contributed by atoms with Gasteiger partial charge in [-0.15, -0.1) is 0 Å². The van der Waals surface area contributed by atoms with Crippen molar-refractivity contribution >= 4 is 40.0 Å². The second-order valence-electron chi connectivity index (χ2n) is 16.3. The molecule has 1 aliphatic carbocycles. The number of amides is 3. The number of nitrogens with one attached hydrogen (secondary N) is 3. The van der Waals surface area contributed by atoms with Gasteiger partial charge in [-0.05, 0) is 73.6 Å². The summed E-state index contributed by atoms with van der Waals surface area (Å²) in [5, 5.41) is 2.70. The van der Waals surface area contributed by atoms with E-state index in [4.69, 9.17) is 19.7 Å². The number of rotatable bonds is 9. The highest BCUT2D eigenvalue weighted by Crippen LogP contribution is 2.58. The minimum Gasteiger partial charge on any atom is -0.453 e. The van der Waals surface area contributed by atoms with Gasteiger partial charge in [0.15, 0.2) is 0 Å². The number of alkyl carbamates (subject to hydrolysis) is 1. The minimum absolute atomic E-state index is 0.0288. The molecule has 2 aromatic carbocycles. The average molecular weight is 732 g/mol. The molecule has 8 rings (SSSR count). The Bertz CT molecular complexity index is 2240. The van der Waals surface area contributed by atoms with Crippen LogP contribution in [-0.2, 0) is 14.3 Å². The van der Waals surface area contributed by atoms with Gasteiger partial charge < -0.3 is 29.8 Å². The first kappa shape index (κ1) is 35.7. The van der Waals surface area contributed by atoms with Gasteiger partial charge >= 0.3 is 6.09 Å². The summed E-state index contributed by atoms with van der Waals surface area (Å²) in [7, 11) is 1.29. The number of likely N-dealkylation sites (tertiary alicyclic amines) is 2. The fraction of sp³-hybridized carbons (Fsp3) is 0.488. The largest absolute Gasteiger partial charge is 0.453 e. The molecule has 2 saturated heterocycles. The normalized spacial score (nSPS) is 20.4. The van der Waals surface area contributed by atoms with Gasteiger partial charge in [0, 0.05) is 30.1 Å². The number of aromatic amines is 2. The molecule has 1 spiro atoms. The van der Waals surface area contributed by atoms with E-state index in [0.717, 1.165) is 76.2 Å². The SMILES string of the molecule is COC(=O)N[C@H](C(=O)N1CCC[C@H]1c1ncc(-c2ccc3nc(-c4ccc5nc([C@@H]6CC7(CC7)CN6C(=O)[C@@H](C)C(C)C)[nH]c5c4)cnc3c2)[nH]1)C(C)C. The minimum atomic E-state index is -0.691. The Morgan fingerprint density at radius 3 is 2.35 bits per heavy atom. The summed E-state index contributed by atoms with van der Waals surface area (Å²) in [6.07, 6.45) is 7.89. The number of imidazole rings is 2. The van der Waals surface area contributed by atoms with Crippen molar-refractivity contribution in [3.8, 4) is 22.5 Å². The molecule has 4 atom stereocenters. The van der Waals surface area contributed by atoms with Crippen molar-refractivity contribution in [1.82, 2.24) is 45.0 Å². The predicted octanol–water partition coefficient (Wildman–Crippen LogP) is 6.95. The number of fused-ring (bicyclic) bond motifs is 2. The summed E-state index contributed by atoms with van der Waals surface area (Å²) >= 11 is 0. The smallest absolute Gasteiger partial charge is 0.407 e. The molecule has 13 nitrogen and oxygen atoms in total. The highest BCUT2D eigenvalue weighted by Gasteiger charge is 2.54. The van der Waals surface area contributed by atoms with Gasteiger partial charge in [-0.25, -0.2) is 19.7 Å². The molecule has 0 radical (unpaired) electrons. The van der Waals surface area contributed by atoms with Crippen LogP contribution >= 0.6 is 0 Å². The highest BCUT2D eigenvalue weighted by atomic mass is 16.5. The summed E-state index contributed by atoms with van der Waals surface area (Å²) in [5.74, 6) is 1.80. The molecule has 13 heteroatoms. The molecule has 3 aromatic heterocycles. The van der Waals surface area contributed by atoms with E-state index in [1.165, 1.54) is 20.0 Å². The van der Waals surface area contributed by atoms with Crippen molar-refractivity contribution in [2.45, 2.75) is 84.8 Å². The Morgan fingerprint density at radius 1 is 0.833 bits per heavy atom. The van der Waals surface area contributed by atoms with Crippen LogP contribution in [0.4, 0.5) is 4.79 Å². The zero-order chi connectivity index (χ0) is 37.9. The zero-order valence-electron chi connectivity index (χ0n) is 31.8. The van der Waals surface area contributed by atoms with Gasteiger partial charge in [-0.1, -0.05) is 46.8 Å². The van der Waals surface area contributed by atoms with Crippen LogP contribution in [0.5, 0.6) is 0 Å². The lowest BCUT2D eigenvalue weighted by atomic mass is 9.96. The number of carbonyl (C=O) groups excluding carboxylic acids is 3. The monoisotopic (exact) mass is 731 g/mol. The van der Waals surface area contributed by atoms with Gasteiger partial charge in [-0.3, -0.25) is 14.6 Å². The molecule has 2 aliphatic heterocycles. The maximum atomic E-state index is 13.6. The number of ether oxygens (including phenoxy) is 1. The number of benzene rings is 2. The number of H-pyrrole nitrogens is 2. The highest BCUT2D eigenvalue weighted by molar-refractivity contribution is 5.87. The molecule has 3 amide bonds. The lowest BCUT2D eigenvalue weighted by Gasteiger charge is -2.30. The fourth-order valence-corrected chi connectivity index (χ4v) is 8.13. The van der Waals surface area contributed by atoms with Crippen molar-refractivity contribution < 1.29 is 19.1 Å². The van der Waals surface area contributed by atoms with Gasteiger partial charge in [0.25, 0.3) is 0 Å². The summed E-state index contributed by atoms with van der Waals surface area (Å²) in [5.41, 5.74) is 6.96. The van der Waals surface area contributed by atoms with E-state index in [0.29, 0.717) is 12.4 Å². The summed E-state index contributed by atoms with van der Waals surface area (Å²) in [6.45, 7) is 11.5. The van der Waals surface area contributed by atoms with Crippen molar-refractivity contribution in [3.63, 3.8) is 0 Å². The molecular weight excluding hydrogens is 683 g/mol. The second kappa shape index (κ2) is 13.8. The van der Waals surface area contributed by atoms with E-state index in [-0.39, 0.29) is 47.1 Å². The molecule has 282 valence electrons. The zero-order valence-corrected chi connectivity index (χ0v) is 31.8. The van der Waals surface area contributed by atoms with Crippen molar-refractivity contribution in [2.24, 2.45) is 23.2 Å². The van der Waals surface area contributed by atoms with E-state index in [2.05, 4.69) is 45.1 Å². The van der Waals surface area contributed by atoms with E-state index >= 15 is 0 Å². The third-order valence-electron chi connectivity index (χ3n) is 11.9. The topological polar surface area (TPSA) is 162 Å². The van der Waals surface area contributed by atoms with Crippen molar-refractivity contribution in [3.05, 3.63) is 60.4 Å². The first-order valence-electron chi connectivity index (χ1n) is 19.2. The maximum absolute atomic E-state index is 13.6. The van der Waals surface area contributed by atoms with Crippen LogP contribution in [0.25, 0.3) is 44.6 Å². The Labute approximate surface area is 314 Å². The van der Waals surface area contributed by atoms with E-state index in [9.17, 15) is 14.4 Å². The van der Waals surface area contributed by atoms with Crippen LogP contribution in [0.15, 0.2) is 48.8 Å². The molecule has 5 heterocycles. The number of aromatic nitrogens is 6. The van der Waals surface area contributed by atoms with Crippen LogP contribution in [0, 0.1) is 23.2 Å². The quantitative estimate of drug-likeness (QED) is 0.147. The third-order valence-corrected chi connectivity index (χ3v) is 11.9. The van der Waals surface area contributed by atoms with Crippen molar-refractivity contribution in [1.29, 1.82) is 0 Å². The van der Waals surface area contributed by atoms with Gasteiger partial charge in [0.05, 0.1) is 65.0 Å². The molecule has 0 unspecified atom stereocenters. The standard InChI is InChI=1S/C41H49N9O4/c1-22(2)24(5)38(51)50-21-41(13-14-41)18-34(50)37-45-28-12-10-26(17-30(28)46-37)31-19-42-29-16-25(9-11-27(29)44-31)32-20-43-36(47-32)33-8-7-15-49(33)39(52)35(23(3)4)48-40(53)54-6/h9-12,16-17,19-20,22-24,33-35H,7-8,13-15,18,21H2,1-6H3,(H,43,47)(H,45,46)(H,48,53)/t24-,33-,34-,35-/m0/s1. The molecule has 5 aromatic rings. The van der Waals surface area contributed by atoms with Crippen LogP contribution < -0.4 is 5.32 Å². The van der Waals surface area contributed by atoms with E-state index in [1.807, 2.05) is 51.1 Å². The summed E-state index contributed by atoms with van der Waals surface area (Å²) in [6, 6.07) is 11.1. The number of hydrogen-bond acceptors (Lipinski definition) is 8. The lowest BCUT2D eigenvalue weighted by Crippen LogP contribution is -2.51. The molecular formula is C41H49N9O4. The number of nitrogens with zero attached hydrogens (tertiary/aromatic N) is 6. The fourth-order valence-electron chi connectivity index (χ4n) is 8.13. The Balaban J connectivity index is 1.00. The van der Waals surface area contributed by atoms with Crippen LogP contribution in [0.1, 0.15) is 90.5 Å². The van der Waals surface area contributed by atoms with Crippen LogP contribution in [0.3, 0.4) is 0 Å². The molecule has 3 aliphatic rings. The Hall–Kier alpha value is -5.33. The predicted molar refractivity (Wildman–Crippen MR) is 205 cm³/mol. The molecule has 0 bridgehead atoms. The molecule has 1 saturated carbocycles. The number of hydrogen-bond donors (Lipinski definition) is 3. The third kappa shape index (κ3) is 6.58. The van der Waals surface area contributed by atoms with Crippen molar-refractivity contribution in [2.75, 3.05) is 20.2 Å². The second-order valence-corrected chi connectivity index (χ2v) is 16.3. The molecule has 3 N–H and O–H groups in total.